The number of nitrogens with zero attached hydrogens (tertiary/aromatic N) is 2. The fourth-order valence-corrected chi connectivity index (χ4v) is 5.22. The highest BCUT2D eigenvalue weighted by Gasteiger charge is 2.33. The van der Waals surface area contributed by atoms with Crippen LogP contribution in [0.4, 0.5) is 5.69 Å². The van der Waals surface area contributed by atoms with Crippen LogP contribution in [-0.2, 0) is 24.2 Å². The molecule has 0 unspecified atom stereocenters. The van der Waals surface area contributed by atoms with Gasteiger partial charge in [-0.2, -0.15) is 0 Å². The second kappa shape index (κ2) is 9.22. The molecule has 0 bridgehead atoms. The number of nitro benzene ring substituents is 1. The predicted octanol–water partition coefficient (Wildman–Crippen LogP) is -0.0255. The van der Waals surface area contributed by atoms with Crippen molar-refractivity contribution in [1.82, 2.24) is 4.90 Å². The standard InChI is InChI=1S/C16H19N3O8S2/c1-18(11-4-5-29(25,26)9-11)14(20)7-27-15(21)8-28-13-3-2-10(16(17)22)6-12(13)19(23)24/h2-3,6,11H,4-5,7-9H2,1H3,(H2,17,22)/t11-/m0/s1. The molecule has 2 N–H and O–H groups in total. The molecule has 1 aromatic rings. The van der Waals surface area contributed by atoms with Gasteiger partial charge >= 0.3 is 5.97 Å². The molecule has 1 aliphatic rings. The SMILES string of the molecule is CN(C(=O)COC(=O)CSc1ccc(C(N)=O)cc1[N+](=O)[O-])[C@H]1CCS(=O)(=O)C1. The van der Waals surface area contributed by atoms with Crippen molar-refractivity contribution < 1.29 is 32.5 Å². The lowest BCUT2D eigenvalue weighted by Gasteiger charge is -2.23. The lowest BCUT2D eigenvalue weighted by molar-refractivity contribution is -0.387. The first-order valence-electron chi connectivity index (χ1n) is 8.33. The van der Waals surface area contributed by atoms with Crippen LogP contribution in [0.2, 0.25) is 0 Å². The molecule has 29 heavy (non-hydrogen) atoms. The van der Waals surface area contributed by atoms with Crippen molar-refractivity contribution in [3.63, 3.8) is 0 Å². The zero-order valence-corrected chi connectivity index (χ0v) is 17.0. The van der Waals surface area contributed by atoms with Crippen molar-refractivity contribution in [2.24, 2.45) is 5.73 Å². The molecule has 2 rings (SSSR count). The molecule has 11 nitrogen and oxygen atoms in total. The molecule has 1 fully saturated rings. The topological polar surface area (TPSA) is 167 Å². The van der Waals surface area contributed by atoms with E-state index in [2.05, 4.69) is 0 Å². The van der Waals surface area contributed by atoms with Crippen molar-refractivity contribution in [2.45, 2.75) is 17.4 Å². The van der Waals surface area contributed by atoms with Crippen molar-refractivity contribution >= 4 is 45.1 Å². The minimum absolute atomic E-state index is 0.0129. The number of hydrogen-bond acceptors (Lipinski definition) is 9. The number of nitro groups is 1. The summed E-state index contributed by atoms with van der Waals surface area (Å²) in [7, 11) is -1.71. The molecule has 158 valence electrons. The Labute approximate surface area is 170 Å². The Hall–Kier alpha value is -2.67. The van der Waals surface area contributed by atoms with Gasteiger partial charge in [0.2, 0.25) is 5.91 Å². The predicted molar refractivity (Wildman–Crippen MR) is 103 cm³/mol. The lowest BCUT2D eigenvalue weighted by Crippen LogP contribution is -2.40. The third-order valence-electron chi connectivity index (χ3n) is 4.29. The van der Waals surface area contributed by atoms with Gasteiger partial charge in [-0.3, -0.25) is 24.5 Å². The van der Waals surface area contributed by atoms with Crippen LogP contribution in [-0.4, -0.2) is 73.0 Å². The maximum atomic E-state index is 12.1. The number of likely N-dealkylation sites (N-methyl/N-ethyl adjacent to an activating group) is 1. The summed E-state index contributed by atoms with van der Waals surface area (Å²) >= 11 is 0.816. The Kier molecular flexibility index (Phi) is 7.19. The molecule has 0 spiro atoms. The molecule has 0 aliphatic carbocycles. The molecule has 1 aromatic carbocycles. The highest BCUT2D eigenvalue weighted by atomic mass is 32.2. The first-order chi connectivity index (χ1) is 13.5. The monoisotopic (exact) mass is 445 g/mol. The lowest BCUT2D eigenvalue weighted by atomic mass is 10.2. The van der Waals surface area contributed by atoms with E-state index in [0.717, 1.165) is 17.8 Å². The van der Waals surface area contributed by atoms with E-state index in [1.807, 2.05) is 0 Å². The second-order valence-electron chi connectivity index (χ2n) is 6.31. The summed E-state index contributed by atoms with van der Waals surface area (Å²) in [4.78, 5) is 46.9. The molecular weight excluding hydrogens is 426 g/mol. The average Bonchev–Trinajstić information content (AvgIpc) is 3.03. The minimum Gasteiger partial charge on any atom is -0.455 e. The van der Waals surface area contributed by atoms with Crippen LogP contribution >= 0.6 is 11.8 Å². The Morgan fingerprint density at radius 2 is 2.07 bits per heavy atom. The van der Waals surface area contributed by atoms with E-state index in [1.54, 1.807) is 0 Å². The largest absolute Gasteiger partial charge is 0.455 e. The van der Waals surface area contributed by atoms with Gasteiger partial charge in [-0.05, 0) is 18.6 Å². The van der Waals surface area contributed by atoms with E-state index in [1.165, 1.54) is 24.1 Å². The van der Waals surface area contributed by atoms with Crippen LogP contribution < -0.4 is 5.73 Å². The van der Waals surface area contributed by atoms with Crippen molar-refractivity contribution in [3.8, 4) is 0 Å². The smallest absolute Gasteiger partial charge is 0.316 e. The molecule has 0 saturated carbocycles. The summed E-state index contributed by atoms with van der Waals surface area (Å²) in [6.07, 6.45) is 0.333. The number of thioether (sulfide) groups is 1. The average molecular weight is 445 g/mol. The number of primary amides is 1. The molecule has 1 saturated heterocycles. The number of rotatable bonds is 8. The third kappa shape index (κ3) is 6.15. The number of sulfone groups is 1. The number of carbonyl (C=O) groups is 3. The number of hydrogen-bond donors (Lipinski definition) is 1. The number of esters is 1. The Bertz CT molecular complexity index is 947. The summed E-state index contributed by atoms with van der Waals surface area (Å²) in [5, 5.41) is 11.1. The number of benzene rings is 1. The zero-order valence-electron chi connectivity index (χ0n) is 15.4. The highest BCUT2D eigenvalue weighted by Crippen LogP contribution is 2.30. The van der Waals surface area contributed by atoms with Crippen LogP contribution in [0.5, 0.6) is 0 Å². The second-order valence-corrected chi connectivity index (χ2v) is 9.56. The molecule has 0 aromatic heterocycles. The van der Waals surface area contributed by atoms with Crippen LogP contribution in [0, 0.1) is 10.1 Å². The molecule has 0 radical (unpaired) electrons. The summed E-state index contributed by atoms with van der Waals surface area (Å²) < 4.78 is 27.9. The van der Waals surface area contributed by atoms with E-state index in [9.17, 15) is 32.9 Å². The molecular formula is C16H19N3O8S2. The zero-order chi connectivity index (χ0) is 21.8. The van der Waals surface area contributed by atoms with Gasteiger partial charge in [-0.1, -0.05) is 0 Å². The maximum absolute atomic E-state index is 12.1. The number of nitrogens with two attached hydrogens (primary N) is 1. The minimum atomic E-state index is -3.15. The van der Waals surface area contributed by atoms with Crippen molar-refractivity contribution in [1.29, 1.82) is 0 Å². The van der Waals surface area contributed by atoms with Gasteiger partial charge in [0.05, 0.1) is 27.1 Å². The van der Waals surface area contributed by atoms with Crippen LogP contribution in [0.3, 0.4) is 0 Å². The highest BCUT2D eigenvalue weighted by molar-refractivity contribution is 8.00. The van der Waals surface area contributed by atoms with Crippen LogP contribution in [0.1, 0.15) is 16.8 Å². The van der Waals surface area contributed by atoms with E-state index in [0.29, 0.717) is 6.42 Å². The van der Waals surface area contributed by atoms with E-state index in [-0.39, 0.29) is 33.4 Å². The van der Waals surface area contributed by atoms with Gasteiger partial charge in [0, 0.05) is 24.7 Å². The molecule has 1 aliphatic heterocycles. The summed E-state index contributed by atoms with van der Waals surface area (Å²) in [6.45, 7) is -0.560. The van der Waals surface area contributed by atoms with Gasteiger partial charge < -0.3 is 15.4 Å². The number of ether oxygens (including phenoxy) is 1. The third-order valence-corrected chi connectivity index (χ3v) is 7.08. The number of carbonyl (C=O) groups excluding carboxylic acids is 3. The Morgan fingerprint density at radius 3 is 2.62 bits per heavy atom. The summed E-state index contributed by atoms with van der Waals surface area (Å²) in [5.74, 6) is -2.54. The van der Waals surface area contributed by atoms with Gasteiger partial charge in [0.25, 0.3) is 11.6 Å². The van der Waals surface area contributed by atoms with Gasteiger partial charge in [0.1, 0.15) is 0 Å². The summed E-state index contributed by atoms with van der Waals surface area (Å²) in [5.41, 5.74) is 4.68. The fraction of sp³-hybridized carbons (Fsp3) is 0.438. The molecule has 1 heterocycles. The van der Waals surface area contributed by atoms with Crippen LogP contribution in [0.25, 0.3) is 0 Å². The number of amides is 2. The normalized spacial score (nSPS) is 17.5. The van der Waals surface area contributed by atoms with Crippen molar-refractivity contribution in [3.05, 3.63) is 33.9 Å². The molecule has 1 atom stereocenters. The van der Waals surface area contributed by atoms with Gasteiger partial charge in [-0.15, -0.1) is 11.8 Å². The van der Waals surface area contributed by atoms with E-state index in [4.69, 9.17) is 10.5 Å². The van der Waals surface area contributed by atoms with Gasteiger partial charge in [-0.25, -0.2) is 8.42 Å². The Balaban J connectivity index is 1.88. The summed E-state index contributed by atoms with van der Waals surface area (Å²) in [6, 6.07) is 3.17. The maximum Gasteiger partial charge on any atom is 0.316 e. The van der Waals surface area contributed by atoms with E-state index >= 15 is 0 Å². The van der Waals surface area contributed by atoms with Gasteiger partial charge in [0.15, 0.2) is 16.4 Å². The molecule has 13 heteroatoms. The first-order valence-corrected chi connectivity index (χ1v) is 11.1. The first kappa shape index (κ1) is 22.6. The van der Waals surface area contributed by atoms with Crippen LogP contribution in [0.15, 0.2) is 23.1 Å². The fourth-order valence-electron chi connectivity index (χ4n) is 2.64. The molecule has 2 amide bonds. The quantitative estimate of drug-likeness (QED) is 0.250. The van der Waals surface area contributed by atoms with Crippen molar-refractivity contribution in [2.75, 3.05) is 30.9 Å². The Morgan fingerprint density at radius 1 is 1.38 bits per heavy atom. The van der Waals surface area contributed by atoms with E-state index < -0.39 is 45.2 Å².